The summed E-state index contributed by atoms with van der Waals surface area (Å²) in [7, 11) is -3.42. The molecule has 1 aromatic carbocycles. The van der Waals surface area contributed by atoms with Gasteiger partial charge in [0.2, 0.25) is 10.0 Å². The van der Waals surface area contributed by atoms with E-state index in [1.807, 2.05) is 12.1 Å². The topological polar surface area (TPSA) is 62.6 Å². The van der Waals surface area contributed by atoms with Crippen molar-refractivity contribution in [3.8, 4) is 0 Å². The minimum atomic E-state index is -3.42. The average Bonchev–Trinajstić information content (AvgIpc) is 3.08. The molecular weight excluding hydrogens is 360 g/mol. The van der Waals surface area contributed by atoms with Crippen molar-refractivity contribution < 1.29 is 12.8 Å². The third-order valence-electron chi connectivity index (χ3n) is 5.03. The smallest absolute Gasteiger partial charge is 0.236 e. The Kier molecular flexibility index (Phi) is 4.40. The highest BCUT2D eigenvalue weighted by molar-refractivity contribution is 7.92. The number of hydrogen-bond acceptors (Lipinski definition) is 4. The molecule has 25 heavy (non-hydrogen) atoms. The molecule has 2 aliphatic rings. The lowest BCUT2D eigenvalue weighted by Gasteiger charge is -2.12. The van der Waals surface area contributed by atoms with Crippen molar-refractivity contribution >= 4 is 38.7 Å². The molecule has 0 radical (unpaired) electrons. The van der Waals surface area contributed by atoms with Gasteiger partial charge in [0.1, 0.15) is 11.3 Å². The fourth-order valence-electron chi connectivity index (χ4n) is 3.66. The van der Waals surface area contributed by atoms with Gasteiger partial charge in [0.05, 0.1) is 0 Å². The van der Waals surface area contributed by atoms with Crippen molar-refractivity contribution in [3.05, 3.63) is 39.5 Å². The Morgan fingerprint density at radius 2 is 2.20 bits per heavy atom. The molecule has 1 unspecified atom stereocenters. The second kappa shape index (κ2) is 6.43. The minimum absolute atomic E-state index is 0.410. The van der Waals surface area contributed by atoms with Crippen LogP contribution in [0.5, 0.6) is 0 Å². The SMILES string of the molecule is CC1CCN(S(=O)(=O)C=Cc2oc3ccc(Cl)c4c3c2CNCC4)C1. The third-order valence-corrected chi connectivity index (χ3v) is 6.91. The van der Waals surface area contributed by atoms with Gasteiger partial charge in [-0.1, -0.05) is 18.5 Å². The number of furan rings is 1. The summed E-state index contributed by atoms with van der Waals surface area (Å²) >= 11 is 6.35. The van der Waals surface area contributed by atoms with Crippen molar-refractivity contribution in [1.29, 1.82) is 0 Å². The molecule has 134 valence electrons. The Labute approximate surface area is 152 Å². The van der Waals surface area contributed by atoms with Crippen LogP contribution in [-0.4, -0.2) is 32.4 Å². The summed E-state index contributed by atoms with van der Waals surface area (Å²) < 4.78 is 32.5. The number of sulfonamides is 1. The Balaban J connectivity index is 1.73. The predicted octanol–water partition coefficient (Wildman–Crippen LogP) is 3.37. The van der Waals surface area contributed by atoms with Gasteiger partial charge in [-0.2, -0.15) is 4.31 Å². The summed E-state index contributed by atoms with van der Waals surface area (Å²) in [5.74, 6) is 0.997. The summed E-state index contributed by atoms with van der Waals surface area (Å²) in [5, 5.41) is 6.37. The zero-order chi connectivity index (χ0) is 17.6. The molecule has 1 aromatic heterocycles. The minimum Gasteiger partial charge on any atom is -0.456 e. The van der Waals surface area contributed by atoms with Crippen LogP contribution in [0.3, 0.4) is 0 Å². The van der Waals surface area contributed by atoms with Gasteiger partial charge >= 0.3 is 0 Å². The Morgan fingerprint density at radius 3 is 2.96 bits per heavy atom. The molecule has 1 atom stereocenters. The highest BCUT2D eigenvalue weighted by Gasteiger charge is 2.27. The van der Waals surface area contributed by atoms with E-state index < -0.39 is 10.0 Å². The molecule has 1 fully saturated rings. The van der Waals surface area contributed by atoms with Gasteiger partial charge in [0.15, 0.2) is 0 Å². The van der Waals surface area contributed by atoms with E-state index in [1.54, 1.807) is 6.08 Å². The molecule has 0 saturated carbocycles. The molecule has 1 saturated heterocycles. The molecule has 1 N–H and O–H groups in total. The van der Waals surface area contributed by atoms with E-state index in [1.165, 1.54) is 9.71 Å². The maximum atomic E-state index is 12.5. The van der Waals surface area contributed by atoms with Gasteiger partial charge in [-0.05, 0) is 49.1 Å². The van der Waals surface area contributed by atoms with Crippen molar-refractivity contribution in [2.75, 3.05) is 19.6 Å². The Morgan fingerprint density at radius 1 is 1.36 bits per heavy atom. The Bertz CT molecular complexity index is 949. The molecule has 2 aromatic rings. The second-order valence-electron chi connectivity index (χ2n) is 6.87. The van der Waals surface area contributed by atoms with Gasteiger partial charge in [-0.25, -0.2) is 8.42 Å². The van der Waals surface area contributed by atoms with Crippen LogP contribution in [0, 0.1) is 5.92 Å². The summed E-state index contributed by atoms with van der Waals surface area (Å²) in [6.45, 7) is 4.72. The van der Waals surface area contributed by atoms with E-state index in [2.05, 4.69) is 12.2 Å². The molecule has 2 aliphatic heterocycles. The van der Waals surface area contributed by atoms with Gasteiger partial charge < -0.3 is 9.73 Å². The lowest BCUT2D eigenvalue weighted by atomic mass is 10.0. The number of benzene rings is 1. The predicted molar refractivity (Wildman–Crippen MR) is 99.9 cm³/mol. The maximum absolute atomic E-state index is 12.5. The van der Waals surface area contributed by atoms with E-state index >= 15 is 0 Å². The van der Waals surface area contributed by atoms with Gasteiger partial charge in [0, 0.05) is 41.0 Å². The zero-order valence-electron chi connectivity index (χ0n) is 14.1. The quantitative estimate of drug-likeness (QED) is 0.886. The molecule has 0 aliphatic carbocycles. The van der Waals surface area contributed by atoms with Crippen LogP contribution in [0.2, 0.25) is 5.02 Å². The van der Waals surface area contributed by atoms with E-state index in [9.17, 15) is 8.42 Å². The molecule has 5 nitrogen and oxygen atoms in total. The van der Waals surface area contributed by atoms with Gasteiger partial charge in [-0.3, -0.25) is 0 Å². The summed E-state index contributed by atoms with van der Waals surface area (Å²) in [6, 6.07) is 3.69. The maximum Gasteiger partial charge on any atom is 0.236 e. The lowest BCUT2D eigenvalue weighted by Crippen LogP contribution is -2.26. The molecule has 0 bridgehead atoms. The van der Waals surface area contributed by atoms with Crippen LogP contribution in [0.25, 0.3) is 17.0 Å². The number of nitrogens with zero attached hydrogens (tertiary/aromatic N) is 1. The van der Waals surface area contributed by atoms with Crippen molar-refractivity contribution in [1.82, 2.24) is 9.62 Å². The van der Waals surface area contributed by atoms with Gasteiger partial charge in [-0.15, -0.1) is 0 Å². The van der Waals surface area contributed by atoms with Gasteiger partial charge in [0.25, 0.3) is 0 Å². The summed E-state index contributed by atoms with van der Waals surface area (Å²) in [4.78, 5) is 0. The first kappa shape index (κ1) is 17.1. The number of hydrogen-bond donors (Lipinski definition) is 1. The first-order chi connectivity index (χ1) is 12.0. The number of nitrogens with one attached hydrogen (secondary N) is 1. The van der Waals surface area contributed by atoms with Crippen LogP contribution >= 0.6 is 11.6 Å². The molecule has 0 spiro atoms. The largest absolute Gasteiger partial charge is 0.456 e. The van der Waals surface area contributed by atoms with Crippen LogP contribution in [0.15, 0.2) is 22.0 Å². The highest BCUT2D eigenvalue weighted by Crippen LogP contribution is 2.35. The first-order valence-corrected chi connectivity index (χ1v) is 10.5. The molecule has 0 amide bonds. The number of halogens is 1. The van der Waals surface area contributed by atoms with Crippen LogP contribution in [0.1, 0.15) is 30.2 Å². The standard InChI is InChI=1S/C18H21ClN2O3S/c1-12-5-8-21(11-12)25(22,23)9-6-16-14-10-20-7-4-13-15(19)2-3-17(24-16)18(13)14/h2-3,6,9,12,20H,4-5,7-8,10-11H2,1H3. The summed E-state index contributed by atoms with van der Waals surface area (Å²) in [6.07, 6.45) is 3.32. The van der Waals surface area contributed by atoms with Crippen LogP contribution in [-0.2, 0) is 23.0 Å². The van der Waals surface area contributed by atoms with E-state index in [-0.39, 0.29) is 0 Å². The average molecular weight is 381 g/mol. The van der Waals surface area contributed by atoms with E-state index in [0.717, 1.165) is 46.5 Å². The van der Waals surface area contributed by atoms with E-state index in [0.29, 0.717) is 31.3 Å². The molecular formula is C18H21ClN2O3S. The molecule has 3 heterocycles. The third kappa shape index (κ3) is 3.12. The number of rotatable bonds is 3. The summed E-state index contributed by atoms with van der Waals surface area (Å²) in [5.41, 5.74) is 2.80. The normalized spacial score (nSPS) is 22.1. The lowest BCUT2D eigenvalue weighted by molar-refractivity contribution is 0.472. The molecule has 4 rings (SSSR count). The van der Waals surface area contributed by atoms with Crippen molar-refractivity contribution in [2.24, 2.45) is 5.92 Å². The van der Waals surface area contributed by atoms with Crippen LogP contribution in [0.4, 0.5) is 0 Å². The van der Waals surface area contributed by atoms with Crippen molar-refractivity contribution in [3.63, 3.8) is 0 Å². The molecule has 7 heteroatoms. The highest BCUT2D eigenvalue weighted by atomic mass is 35.5. The fraction of sp³-hybridized carbons (Fsp3) is 0.444. The fourth-order valence-corrected chi connectivity index (χ4v) is 5.20. The Hall–Kier alpha value is -1.34. The van der Waals surface area contributed by atoms with E-state index in [4.69, 9.17) is 16.0 Å². The monoisotopic (exact) mass is 380 g/mol. The first-order valence-electron chi connectivity index (χ1n) is 8.57. The van der Waals surface area contributed by atoms with Crippen molar-refractivity contribution in [2.45, 2.75) is 26.3 Å². The van der Waals surface area contributed by atoms with Crippen LogP contribution < -0.4 is 5.32 Å². The second-order valence-corrected chi connectivity index (χ2v) is 9.10. The zero-order valence-corrected chi connectivity index (χ0v) is 15.7.